The summed E-state index contributed by atoms with van der Waals surface area (Å²) in [6, 6.07) is 5.11. The molecule has 2 N–H and O–H groups in total. The molecule has 1 atom stereocenters. The third-order valence-electron chi connectivity index (χ3n) is 3.05. The first-order chi connectivity index (χ1) is 8.69. The lowest BCUT2D eigenvalue weighted by Crippen LogP contribution is -2.22. The summed E-state index contributed by atoms with van der Waals surface area (Å²) in [5.41, 5.74) is 6.80. The predicted octanol–water partition coefficient (Wildman–Crippen LogP) is 3.67. The van der Waals surface area contributed by atoms with Gasteiger partial charge in [0.2, 0.25) is 0 Å². The Labute approximate surface area is 109 Å². The first kappa shape index (κ1) is 15.0. The van der Waals surface area contributed by atoms with E-state index in [0.29, 0.717) is 18.8 Å². The summed E-state index contributed by atoms with van der Waals surface area (Å²) in [6.45, 7) is 4.74. The van der Waals surface area contributed by atoms with E-state index in [0.717, 1.165) is 31.2 Å². The number of hydrogen-bond acceptors (Lipinski definition) is 2. The van der Waals surface area contributed by atoms with E-state index in [2.05, 4.69) is 6.92 Å². The van der Waals surface area contributed by atoms with E-state index in [1.54, 1.807) is 6.07 Å². The number of hydrogen-bond donors (Lipinski definition) is 1. The molecule has 0 saturated carbocycles. The summed E-state index contributed by atoms with van der Waals surface area (Å²) in [5, 5.41) is 0. The minimum absolute atomic E-state index is 0.0600. The predicted molar refractivity (Wildman–Crippen MR) is 73.4 cm³/mol. The van der Waals surface area contributed by atoms with Crippen LogP contribution in [0.25, 0.3) is 0 Å². The highest BCUT2D eigenvalue weighted by atomic mass is 19.1. The van der Waals surface area contributed by atoms with Crippen LogP contribution in [-0.4, -0.2) is 12.6 Å². The van der Waals surface area contributed by atoms with Gasteiger partial charge in [-0.05, 0) is 30.9 Å². The van der Waals surface area contributed by atoms with E-state index in [-0.39, 0.29) is 11.9 Å². The molecule has 0 heterocycles. The number of para-hydroxylation sites is 1. The average molecular weight is 253 g/mol. The molecule has 1 rings (SSSR count). The molecular weight excluding hydrogens is 229 g/mol. The second-order valence-corrected chi connectivity index (χ2v) is 4.66. The number of unbranched alkanes of at least 4 members (excludes halogenated alkanes) is 2. The molecule has 102 valence electrons. The number of halogens is 1. The van der Waals surface area contributed by atoms with Crippen molar-refractivity contribution in [2.45, 2.75) is 52.0 Å². The first-order valence-corrected chi connectivity index (χ1v) is 6.84. The second kappa shape index (κ2) is 8.09. The molecule has 1 aromatic rings. The van der Waals surface area contributed by atoms with Gasteiger partial charge in [0, 0.05) is 6.04 Å². The van der Waals surface area contributed by atoms with Crippen LogP contribution in [0, 0.1) is 5.82 Å². The van der Waals surface area contributed by atoms with Crippen molar-refractivity contribution in [3.8, 4) is 5.75 Å². The summed E-state index contributed by atoms with van der Waals surface area (Å²) in [7, 11) is 0. The van der Waals surface area contributed by atoms with Gasteiger partial charge < -0.3 is 10.5 Å². The zero-order valence-corrected chi connectivity index (χ0v) is 11.4. The molecule has 0 bridgehead atoms. The van der Waals surface area contributed by atoms with Gasteiger partial charge in [-0.25, -0.2) is 4.39 Å². The normalized spacial score (nSPS) is 12.4. The number of benzene rings is 1. The fourth-order valence-electron chi connectivity index (χ4n) is 1.83. The molecule has 1 unspecified atom stereocenters. The molecule has 0 amide bonds. The fourth-order valence-corrected chi connectivity index (χ4v) is 1.83. The zero-order valence-electron chi connectivity index (χ0n) is 11.4. The van der Waals surface area contributed by atoms with Gasteiger partial charge in [-0.15, -0.1) is 0 Å². The van der Waals surface area contributed by atoms with Gasteiger partial charge in [-0.2, -0.15) is 0 Å². The monoisotopic (exact) mass is 253 g/mol. The van der Waals surface area contributed by atoms with Crippen LogP contribution in [0.5, 0.6) is 5.75 Å². The van der Waals surface area contributed by atoms with Gasteiger partial charge in [-0.1, -0.05) is 38.8 Å². The maximum Gasteiger partial charge on any atom is 0.165 e. The van der Waals surface area contributed by atoms with E-state index >= 15 is 0 Å². The number of ether oxygens (including phenoxy) is 1. The Hall–Kier alpha value is -1.09. The van der Waals surface area contributed by atoms with Gasteiger partial charge in [0.15, 0.2) is 11.6 Å². The number of rotatable bonds is 8. The van der Waals surface area contributed by atoms with Crippen molar-refractivity contribution in [1.29, 1.82) is 0 Å². The summed E-state index contributed by atoms with van der Waals surface area (Å²) >= 11 is 0. The minimum Gasteiger partial charge on any atom is -0.490 e. The van der Waals surface area contributed by atoms with Crippen LogP contribution in [0.4, 0.5) is 4.39 Å². The van der Waals surface area contributed by atoms with Crippen molar-refractivity contribution in [2.75, 3.05) is 6.61 Å². The molecule has 2 nitrogen and oxygen atoms in total. The van der Waals surface area contributed by atoms with Crippen LogP contribution >= 0.6 is 0 Å². The lowest BCUT2D eigenvalue weighted by Gasteiger charge is -2.15. The van der Waals surface area contributed by atoms with Crippen molar-refractivity contribution >= 4 is 0 Å². The Kier molecular flexibility index (Phi) is 6.73. The Morgan fingerprint density at radius 2 is 2.06 bits per heavy atom. The zero-order chi connectivity index (χ0) is 13.4. The van der Waals surface area contributed by atoms with Crippen molar-refractivity contribution < 1.29 is 9.13 Å². The van der Waals surface area contributed by atoms with E-state index in [1.807, 2.05) is 13.0 Å². The minimum atomic E-state index is -0.285. The molecule has 18 heavy (non-hydrogen) atoms. The number of nitrogens with two attached hydrogens (primary N) is 1. The lowest BCUT2D eigenvalue weighted by atomic mass is 10.0. The Morgan fingerprint density at radius 3 is 2.72 bits per heavy atom. The van der Waals surface area contributed by atoms with Crippen molar-refractivity contribution in [1.82, 2.24) is 0 Å². The highest BCUT2D eigenvalue weighted by molar-refractivity contribution is 5.35. The largest absolute Gasteiger partial charge is 0.490 e. The molecule has 0 aliphatic heterocycles. The van der Waals surface area contributed by atoms with Gasteiger partial charge in [0.1, 0.15) is 0 Å². The Morgan fingerprint density at radius 1 is 1.28 bits per heavy atom. The van der Waals surface area contributed by atoms with E-state index < -0.39 is 0 Å². The van der Waals surface area contributed by atoms with E-state index in [9.17, 15) is 4.39 Å². The second-order valence-electron chi connectivity index (χ2n) is 4.66. The average Bonchev–Trinajstić information content (AvgIpc) is 2.37. The first-order valence-electron chi connectivity index (χ1n) is 6.84. The molecule has 0 fully saturated rings. The molecule has 0 aliphatic rings. The fraction of sp³-hybridized carbons (Fsp3) is 0.600. The van der Waals surface area contributed by atoms with Gasteiger partial charge in [0.05, 0.1) is 6.61 Å². The summed E-state index contributed by atoms with van der Waals surface area (Å²) in [6.07, 6.45) is 4.75. The van der Waals surface area contributed by atoms with Gasteiger partial charge >= 0.3 is 0 Å². The molecule has 3 heteroatoms. The highest BCUT2D eigenvalue weighted by Gasteiger charge is 2.12. The molecule has 0 aliphatic carbocycles. The summed E-state index contributed by atoms with van der Waals surface area (Å²) < 4.78 is 19.3. The Bertz CT molecular complexity index is 354. The van der Waals surface area contributed by atoms with E-state index in [4.69, 9.17) is 10.5 Å². The van der Waals surface area contributed by atoms with E-state index in [1.165, 1.54) is 6.07 Å². The third kappa shape index (κ3) is 4.65. The molecule has 0 saturated heterocycles. The maximum atomic E-state index is 13.7. The quantitative estimate of drug-likeness (QED) is 0.717. The van der Waals surface area contributed by atoms with Crippen molar-refractivity contribution in [2.24, 2.45) is 5.73 Å². The SMILES string of the molecule is CCCCCOc1c(F)cccc1CC(N)CC. The Balaban J connectivity index is 2.67. The topological polar surface area (TPSA) is 35.2 Å². The van der Waals surface area contributed by atoms with Crippen molar-refractivity contribution in [3.63, 3.8) is 0 Å². The van der Waals surface area contributed by atoms with Crippen LogP contribution in [0.2, 0.25) is 0 Å². The van der Waals surface area contributed by atoms with Crippen LogP contribution < -0.4 is 10.5 Å². The maximum absolute atomic E-state index is 13.7. The van der Waals surface area contributed by atoms with Crippen molar-refractivity contribution in [3.05, 3.63) is 29.6 Å². The smallest absolute Gasteiger partial charge is 0.165 e. The molecule has 1 aromatic carbocycles. The van der Waals surface area contributed by atoms with Crippen LogP contribution in [0.3, 0.4) is 0 Å². The lowest BCUT2D eigenvalue weighted by molar-refractivity contribution is 0.287. The summed E-state index contributed by atoms with van der Waals surface area (Å²) in [4.78, 5) is 0. The van der Waals surface area contributed by atoms with Gasteiger partial charge in [0.25, 0.3) is 0 Å². The molecule has 0 spiro atoms. The van der Waals surface area contributed by atoms with Crippen LogP contribution in [0.15, 0.2) is 18.2 Å². The standard InChI is InChI=1S/C15H24FNO/c1-3-5-6-10-18-15-12(11-13(17)4-2)8-7-9-14(15)16/h7-9,13H,3-6,10-11,17H2,1-2H3. The molecule has 0 radical (unpaired) electrons. The third-order valence-corrected chi connectivity index (χ3v) is 3.05. The van der Waals surface area contributed by atoms with Gasteiger partial charge in [-0.3, -0.25) is 0 Å². The molecular formula is C15H24FNO. The highest BCUT2D eigenvalue weighted by Crippen LogP contribution is 2.24. The summed E-state index contributed by atoms with van der Waals surface area (Å²) in [5.74, 6) is 0.102. The van der Waals surface area contributed by atoms with Crippen LogP contribution in [0.1, 0.15) is 45.1 Å². The van der Waals surface area contributed by atoms with Crippen LogP contribution in [-0.2, 0) is 6.42 Å². The molecule has 0 aromatic heterocycles.